The number of ether oxygens (including phenoxy) is 3. The SMILES string of the molecule is COc1ccc(F)c(S(=O)(=O)Nc2ccc(-c3cc(OCC4CNCCO4)c4cn[nH]c4n3)cc2)c1. The third-order valence-corrected chi connectivity index (χ3v) is 7.07. The Balaban J connectivity index is 1.37. The van der Waals surface area contributed by atoms with Gasteiger partial charge in [0.05, 0.1) is 31.0 Å². The molecule has 36 heavy (non-hydrogen) atoms. The molecule has 0 saturated carbocycles. The summed E-state index contributed by atoms with van der Waals surface area (Å²) in [6, 6.07) is 11.9. The minimum atomic E-state index is -4.17. The number of nitrogens with zero attached hydrogens (tertiary/aromatic N) is 2. The number of sulfonamides is 1. The van der Waals surface area contributed by atoms with E-state index in [1.807, 2.05) is 0 Å². The molecule has 12 heteroatoms. The van der Waals surface area contributed by atoms with Crippen LogP contribution in [0.1, 0.15) is 0 Å². The van der Waals surface area contributed by atoms with E-state index in [0.717, 1.165) is 29.6 Å². The first-order valence-corrected chi connectivity index (χ1v) is 12.7. The second-order valence-corrected chi connectivity index (χ2v) is 9.78. The van der Waals surface area contributed by atoms with E-state index in [0.29, 0.717) is 36.8 Å². The minimum Gasteiger partial charge on any atom is -0.497 e. The van der Waals surface area contributed by atoms with E-state index in [9.17, 15) is 12.8 Å². The van der Waals surface area contributed by atoms with Crippen LogP contribution in [0.5, 0.6) is 11.5 Å². The molecular weight excluding hydrogens is 489 g/mol. The van der Waals surface area contributed by atoms with Crippen LogP contribution in [0.25, 0.3) is 22.3 Å². The van der Waals surface area contributed by atoms with Crippen LogP contribution in [0.15, 0.2) is 59.6 Å². The first kappa shape index (κ1) is 24.0. The van der Waals surface area contributed by atoms with E-state index in [1.54, 1.807) is 36.5 Å². The molecule has 1 atom stereocenters. The Morgan fingerprint density at radius 1 is 1.19 bits per heavy atom. The molecule has 188 valence electrons. The van der Waals surface area contributed by atoms with Crippen molar-refractivity contribution in [1.82, 2.24) is 20.5 Å². The molecule has 0 spiro atoms. The van der Waals surface area contributed by atoms with E-state index >= 15 is 0 Å². The molecule has 1 aliphatic rings. The number of H-pyrrole nitrogens is 1. The summed E-state index contributed by atoms with van der Waals surface area (Å²) < 4.78 is 58.8. The molecule has 1 unspecified atom stereocenters. The molecule has 1 fully saturated rings. The van der Waals surface area contributed by atoms with Crippen LogP contribution >= 0.6 is 0 Å². The number of hydrogen-bond acceptors (Lipinski definition) is 8. The van der Waals surface area contributed by atoms with Gasteiger partial charge in [-0.05, 0) is 24.3 Å². The van der Waals surface area contributed by atoms with Crippen LogP contribution in [0.2, 0.25) is 0 Å². The first-order valence-electron chi connectivity index (χ1n) is 11.2. The number of anilines is 1. The molecule has 10 nitrogen and oxygen atoms in total. The van der Waals surface area contributed by atoms with Gasteiger partial charge in [-0.3, -0.25) is 9.82 Å². The number of fused-ring (bicyclic) bond motifs is 1. The molecule has 3 heterocycles. The van der Waals surface area contributed by atoms with Crippen LogP contribution in [-0.4, -0.2) is 63.1 Å². The standard InChI is InChI=1S/C24H24FN5O5S/c1-33-17-6-7-20(25)23(10-17)36(31,32)30-16-4-2-15(3-5-16)21-11-22(19-13-27-29-24(19)28-21)35-14-18-12-26-8-9-34-18/h2-7,10-11,13,18,26,30H,8-9,12,14H2,1H3,(H,27,28,29). The maximum atomic E-state index is 14.2. The Bertz CT molecular complexity index is 1470. The zero-order chi connectivity index (χ0) is 25.1. The monoisotopic (exact) mass is 513 g/mol. The summed E-state index contributed by atoms with van der Waals surface area (Å²) in [5.41, 5.74) is 2.16. The number of aromatic nitrogens is 3. The van der Waals surface area contributed by atoms with Crippen LogP contribution in [0, 0.1) is 5.82 Å². The molecule has 5 rings (SSSR count). The molecular formula is C24H24FN5O5S. The highest BCUT2D eigenvalue weighted by Crippen LogP contribution is 2.30. The number of morpholine rings is 1. The summed E-state index contributed by atoms with van der Waals surface area (Å²) >= 11 is 0. The molecule has 0 radical (unpaired) electrons. The van der Waals surface area contributed by atoms with Gasteiger partial charge >= 0.3 is 0 Å². The molecule has 4 aromatic rings. The van der Waals surface area contributed by atoms with Crippen molar-refractivity contribution in [2.24, 2.45) is 0 Å². The van der Waals surface area contributed by atoms with Gasteiger partial charge in [0.15, 0.2) is 5.65 Å². The van der Waals surface area contributed by atoms with Gasteiger partial charge in [0.2, 0.25) is 0 Å². The smallest absolute Gasteiger partial charge is 0.264 e. The van der Waals surface area contributed by atoms with Crippen molar-refractivity contribution in [3.63, 3.8) is 0 Å². The fourth-order valence-corrected chi connectivity index (χ4v) is 4.96. The number of halogens is 1. The number of nitrogens with one attached hydrogen (secondary N) is 3. The average molecular weight is 514 g/mol. The van der Waals surface area contributed by atoms with Gasteiger partial charge in [-0.2, -0.15) is 5.10 Å². The van der Waals surface area contributed by atoms with E-state index in [-0.39, 0.29) is 17.5 Å². The highest BCUT2D eigenvalue weighted by molar-refractivity contribution is 7.92. The molecule has 0 aliphatic carbocycles. The van der Waals surface area contributed by atoms with Gasteiger partial charge in [-0.25, -0.2) is 17.8 Å². The lowest BCUT2D eigenvalue weighted by molar-refractivity contribution is 0.000511. The molecule has 1 aliphatic heterocycles. The zero-order valence-corrected chi connectivity index (χ0v) is 20.1. The highest BCUT2D eigenvalue weighted by atomic mass is 32.2. The van der Waals surface area contributed by atoms with Crippen LogP contribution in [0.3, 0.4) is 0 Å². The number of aromatic amines is 1. The maximum Gasteiger partial charge on any atom is 0.264 e. The predicted octanol–water partition coefficient (Wildman–Crippen LogP) is 2.94. The lowest BCUT2D eigenvalue weighted by atomic mass is 10.1. The summed E-state index contributed by atoms with van der Waals surface area (Å²) in [7, 11) is -2.79. The van der Waals surface area contributed by atoms with Crippen molar-refractivity contribution in [3.05, 3.63) is 60.5 Å². The Labute approximate surface area is 206 Å². The van der Waals surface area contributed by atoms with Crippen molar-refractivity contribution in [2.45, 2.75) is 11.0 Å². The van der Waals surface area contributed by atoms with Crippen molar-refractivity contribution in [2.75, 3.05) is 38.1 Å². The summed E-state index contributed by atoms with van der Waals surface area (Å²) in [5, 5.41) is 10.9. The quantitative estimate of drug-likeness (QED) is 0.328. The number of benzene rings is 2. The van der Waals surface area contributed by atoms with Gasteiger partial charge in [-0.15, -0.1) is 0 Å². The number of rotatable bonds is 8. The van der Waals surface area contributed by atoms with Gasteiger partial charge in [0.25, 0.3) is 10.0 Å². The predicted molar refractivity (Wildman–Crippen MR) is 131 cm³/mol. The van der Waals surface area contributed by atoms with Crippen LogP contribution < -0.4 is 19.5 Å². The number of hydrogen-bond donors (Lipinski definition) is 3. The van der Waals surface area contributed by atoms with Crippen molar-refractivity contribution < 1.29 is 27.0 Å². The van der Waals surface area contributed by atoms with Crippen LogP contribution in [-0.2, 0) is 14.8 Å². The second-order valence-electron chi connectivity index (χ2n) is 8.13. The highest BCUT2D eigenvalue weighted by Gasteiger charge is 2.21. The van der Waals surface area contributed by atoms with E-state index in [1.165, 1.54) is 13.2 Å². The zero-order valence-electron chi connectivity index (χ0n) is 19.3. The molecule has 0 bridgehead atoms. The fraction of sp³-hybridized carbons (Fsp3) is 0.250. The third kappa shape index (κ3) is 5.10. The summed E-state index contributed by atoms with van der Waals surface area (Å²) in [5.74, 6) is -0.0353. The average Bonchev–Trinajstić information content (AvgIpc) is 3.37. The first-order chi connectivity index (χ1) is 17.4. The number of methoxy groups -OCH3 is 1. The van der Waals surface area contributed by atoms with Crippen molar-refractivity contribution in [3.8, 4) is 22.8 Å². The van der Waals surface area contributed by atoms with E-state index < -0.39 is 20.7 Å². The fourth-order valence-electron chi connectivity index (χ4n) is 3.81. The maximum absolute atomic E-state index is 14.2. The Kier molecular flexibility index (Phi) is 6.72. The van der Waals surface area contributed by atoms with Crippen molar-refractivity contribution in [1.29, 1.82) is 0 Å². The van der Waals surface area contributed by atoms with Gasteiger partial charge in [-0.1, -0.05) is 12.1 Å². The summed E-state index contributed by atoms with van der Waals surface area (Å²) in [6.45, 7) is 2.54. The third-order valence-electron chi connectivity index (χ3n) is 5.67. The summed E-state index contributed by atoms with van der Waals surface area (Å²) in [6.07, 6.45) is 1.59. The van der Waals surface area contributed by atoms with Crippen molar-refractivity contribution >= 4 is 26.7 Å². The number of pyridine rings is 1. The van der Waals surface area contributed by atoms with Crippen LogP contribution in [0.4, 0.5) is 10.1 Å². The Morgan fingerprint density at radius 3 is 2.78 bits per heavy atom. The normalized spacial score (nSPS) is 16.1. The lowest BCUT2D eigenvalue weighted by Gasteiger charge is -2.23. The van der Waals surface area contributed by atoms with Gasteiger partial charge < -0.3 is 19.5 Å². The topological polar surface area (TPSA) is 127 Å². The molecule has 3 N–H and O–H groups in total. The molecule has 2 aromatic carbocycles. The Hall–Kier alpha value is -3.74. The van der Waals surface area contributed by atoms with E-state index in [4.69, 9.17) is 14.2 Å². The Morgan fingerprint density at radius 2 is 2.03 bits per heavy atom. The molecule has 1 saturated heterocycles. The molecule has 2 aromatic heterocycles. The second kappa shape index (κ2) is 10.1. The van der Waals surface area contributed by atoms with Gasteiger partial charge in [0.1, 0.15) is 34.9 Å². The minimum absolute atomic E-state index is 0.0564. The van der Waals surface area contributed by atoms with E-state index in [2.05, 4.69) is 25.2 Å². The van der Waals surface area contributed by atoms with Gasteiger partial charge in [0, 0.05) is 36.5 Å². The molecule has 0 amide bonds. The summed E-state index contributed by atoms with van der Waals surface area (Å²) in [4.78, 5) is 4.10. The lowest BCUT2D eigenvalue weighted by Crippen LogP contribution is -2.41. The largest absolute Gasteiger partial charge is 0.497 e.